The first-order valence-corrected chi connectivity index (χ1v) is 6.44. The molecule has 0 saturated heterocycles. The van der Waals surface area contributed by atoms with E-state index in [9.17, 15) is 19.2 Å². The fourth-order valence-electron chi connectivity index (χ4n) is 1.56. The molecule has 4 nitrogen and oxygen atoms in total. The molecule has 0 radical (unpaired) electrons. The second-order valence-electron chi connectivity index (χ2n) is 4.14. The van der Waals surface area contributed by atoms with Gasteiger partial charge in [0.15, 0.2) is 0 Å². The van der Waals surface area contributed by atoms with E-state index in [2.05, 4.69) is 0 Å². The van der Waals surface area contributed by atoms with Crippen LogP contribution in [0.15, 0.2) is 23.3 Å². The SMILES string of the molecule is O=CCCC/C=C(/C=O)CC/C=C(/C=O)CCC=O. The van der Waals surface area contributed by atoms with Crippen molar-refractivity contribution in [1.29, 1.82) is 0 Å². The van der Waals surface area contributed by atoms with Crippen LogP contribution in [0, 0.1) is 0 Å². The lowest BCUT2D eigenvalue weighted by molar-refractivity contribution is -0.108. The Labute approximate surface area is 113 Å². The van der Waals surface area contributed by atoms with E-state index in [4.69, 9.17) is 0 Å². The van der Waals surface area contributed by atoms with E-state index in [1.807, 2.05) is 6.08 Å². The van der Waals surface area contributed by atoms with Gasteiger partial charge in [-0.1, -0.05) is 12.2 Å². The maximum absolute atomic E-state index is 10.8. The van der Waals surface area contributed by atoms with Crippen molar-refractivity contribution < 1.29 is 19.2 Å². The van der Waals surface area contributed by atoms with Crippen LogP contribution in [0.2, 0.25) is 0 Å². The molecule has 4 heteroatoms. The molecule has 0 aliphatic carbocycles. The maximum atomic E-state index is 10.8. The molecule has 0 bridgehead atoms. The summed E-state index contributed by atoms with van der Waals surface area (Å²) in [6.07, 6.45) is 10.7. The molecule has 0 aromatic rings. The zero-order valence-corrected chi connectivity index (χ0v) is 11.0. The van der Waals surface area contributed by atoms with Gasteiger partial charge in [-0.2, -0.15) is 0 Å². The number of unbranched alkanes of at least 4 members (excludes halogenated alkanes) is 2. The van der Waals surface area contributed by atoms with Crippen LogP contribution in [0.3, 0.4) is 0 Å². The number of allylic oxidation sites excluding steroid dienone is 4. The molecule has 0 unspecified atom stereocenters. The summed E-state index contributed by atoms with van der Waals surface area (Å²) < 4.78 is 0. The predicted octanol–water partition coefficient (Wildman–Crippen LogP) is 2.37. The van der Waals surface area contributed by atoms with E-state index in [1.54, 1.807) is 6.08 Å². The Bertz CT molecular complexity index is 353. The number of carbonyl (C=O) groups excluding carboxylic acids is 4. The third kappa shape index (κ3) is 9.83. The second kappa shape index (κ2) is 12.6. The van der Waals surface area contributed by atoms with Gasteiger partial charge in [0.2, 0.25) is 0 Å². The highest BCUT2D eigenvalue weighted by atomic mass is 16.1. The molecule has 0 heterocycles. The van der Waals surface area contributed by atoms with Crippen LogP contribution >= 0.6 is 0 Å². The summed E-state index contributed by atoms with van der Waals surface area (Å²) in [6.45, 7) is 0. The number of hydrogen-bond acceptors (Lipinski definition) is 4. The molecule has 0 rings (SSSR count). The van der Waals surface area contributed by atoms with Crippen LogP contribution in [-0.4, -0.2) is 25.1 Å². The molecule has 0 fully saturated rings. The minimum Gasteiger partial charge on any atom is -0.303 e. The Morgan fingerprint density at radius 2 is 1.16 bits per heavy atom. The van der Waals surface area contributed by atoms with Gasteiger partial charge in [0.05, 0.1) is 0 Å². The Morgan fingerprint density at radius 3 is 1.68 bits per heavy atom. The monoisotopic (exact) mass is 264 g/mol. The first-order valence-electron chi connectivity index (χ1n) is 6.44. The number of hydrogen-bond donors (Lipinski definition) is 0. The third-order valence-corrected chi connectivity index (χ3v) is 2.63. The molecule has 0 spiro atoms. The highest BCUT2D eigenvalue weighted by Gasteiger charge is 1.97. The lowest BCUT2D eigenvalue weighted by Gasteiger charge is -1.99. The van der Waals surface area contributed by atoms with Crippen molar-refractivity contribution in [2.45, 2.75) is 44.9 Å². The molecule has 0 aliphatic rings. The van der Waals surface area contributed by atoms with Crippen molar-refractivity contribution in [2.75, 3.05) is 0 Å². The Morgan fingerprint density at radius 1 is 0.632 bits per heavy atom. The minimum absolute atomic E-state index is 0.340. The van der Waals surface area contributed by atoms with Crippen LogP contribution in [0.5, 0.6) is 0 Å². The molecule has 0 aromatic carbocycles. The van der Waals surface area contributed by atoms with Crippen LogP contribution in [0.25, 0.3) is 0 Å². The van der Waals surface area contributed by atoms with Crippen molar-refractivity contribution in [3.05, 3.63) is 23.3 Å². The summed E-state index contributed by atoms with van der Waals surface area (Å²) in [5.41, 5.74) is 1.28. The summed E-state index contributed by atoms with van der Waals surface area (Å²) in [5.74, 6) is 0. The molecule has 0 atom stereocenters. The molecular formula is C15H20O4. The van der Waals surface area contributed by atoms with Crippen LogP contribution in [0.1, 0.15) is 44.9 Å². The maximum Gasteiger partial charge on any atom is 0.145 e. The number of carbonyl (C=O) groups is 4. The van der Waals surface area contributed by atoms with Crippen LogP contribution in [0.4, 0.5) is 0 Å². The Hall–Kier alpha value is -1.84. The van der Waals surface area contributed by atoms with E-state index >= 15 is 0 Å². The van der Waals surface area contributed by atoms with Gasteiger partial charge in [-0.15, -0.1) is 0 Å². The van der Waals surface area contributed by atoms with Crippen molar-refractivity contribution >= 4 is 25.1 Å². The molecule has 19 heavy (non-hydrogen) atoms. The normalized spacial score (nSPS) is 12.0. The second-order valence-corrected chi connectivity index (χ2v) is 4.14. The van der Waals surface area contributed by atoms with E-state index < -0.39 is 0 Å². The van der Waals surface area contributed by atoms with Crippen LogP contribution in [-0.2, 0) is 19.2 Å². The molecule has 0 N–H and O–H groups in total. The molecule has 0 aliphatic heterocycles. The summed E-state index contributed by atoms with van der Waals surface area (Å²) in [7, 11) is 0. The van der Waals surface area contributed by atoms with E-state index in [1.165, 1.54) is 0 Å². The quantitative estimate of drug-likeness (QED) is 0.308. The lowest BCUT2D eigenvalue weighted by atomic mass is 10.1. The summed E-state index contributed by atoms with van der Waals surface area (Å²) >= 11 is 0. The van der Waals surface area contributed by atoms with Gasteiger partial charge in [-0.05, 0) is 43.3 Å². The van der Waals surface area contributed by atoms with E-state index in [-0.39, 0.29) is 0 Å². The number of rotatable bonds is 12. The molecule has 0 saturated carbocycles. The Balaban J connectivity index is 4.13. The average Bonchev–Trinajstić information content (AvgIpc) is 2.44. The molecule has 0 aromatic heterocycles. The number of aldehydes is 4. The third-order valence-electron chi connectivity index (χ3n) is 2.63. The van der Waals surface area contributed by atoms with Crippen molar-refractivity contribution in [3.63, 3.8) is 0 Å². The fraction of sp³-hybridized carbons (Fsp3) is 0.467. The summed E-state index contributed by atoms with van der Waals surface area (Å²) in [5, 5.41) is 0. The molecule has 0 amide bonds. The highest BCUT2D eigenvalue weighted by molar-refractivity contribution is 5.74. The van der Waals surface area contributed by atoms with E-state index in [0.717, 1.165) is 31.6 Å². The fourth-order valence-corrected chi connectivity index (χ4v) is 1.56. The zero-order valence-electron chi connectivity index (χ0n) is 11.0. The smallest absolute Gasteiger partial charge is 0.145 e. The zero-order chi connectivity index (χ0) is 14.3. The van der Waals surface area contributed by atoms with Gasteiger partial charge in [0.1, 0.15) is 25.1 Å². The van der Waals surface area contributed by atoms with Gasteiger partial charge in [-0.3, -0.25) is 9.59 Å². The van der Waals surface area contributed by atoms with Crippen molar-refractivity contribution in [3.8, 4) is 0 Å². The van der Waals surface area contributed by atoms with Crippen molar-refractivity contribution in [1.82, 2.24) is 0 Å². The summed E-state index contributed by atoms with van der Waals surface area (Å²) in [4.78, 5) is 41.8. The highest BCUT2D eigenvalue weighted by Crippen LogP contribution is 2.09. The lowest BCUT2D eigenvalue weighted by Crippen LogP contribution is -1.89. The minimum atomic E-state index is 0.340. The van der Waals surface area contributed by atoms with Gasteiger partial charge in [0.25, 0.3) is 0 Å². The van der Waals surface area contributed by atoms with Gasteiger partial charge in [-0.25, -0.2) is 0 Å². The van der Waals surface area contributed by atoms with Gasteiger partial charge in [0, 0.05) is 12.8 Å². The first-order chi connectivity index (χ1) is 9.28. The Kier molecular flexibility index (Phi) is 11.4. The standard InChI is InChI=1S/C15H20O4/c16-10-3-1-2-6-14(12-18)7-4-8-15(13-19)9-5-11-17/h6,8,10-13H,1-5,7,9H2/b14-6+,15-8+. The predicted molar refractivity (Wildman–Crippen MR) is 72.7 cm³/mol. The van der Waals surface area contributed by atoms with Crippen LogP contribution < -0.4 is 0 Å². The molecular weight excluding hydrogens is 244 g/mol. The van der Waals surface area contributed by atoms with Crippen molar-refractivity contribution in [2.24, 2.45) is 0 Å². The molecule has 104 valence electrons. The average molecular weight is 264 g/mol. The van der Waals surface area contributed by atoms with Gasteiger partial charge < -0.3 is 9.59 Å². The van der Waals surface area contributed by atoms with E-state index in [0.29, 0.717) is 49.7 Å². The summed E-state index contributed by atoms with van der Waals surface area (Å²) in [6, 6.07) is 0. The van der Waals surface area contributed by atoms with Gasteiger partial charge >= 0.3 is 0 Å². The first kappa shape index (κ1) is 17.2. The topological polar surface area (TPSA) is 68.3 Å². The largest absolute Gasteiger partial charge is 0.303 e.